The van der Waals surface area contributed by atoms with Gasteiger partial charge in [-0.3, -0.25) is 4.79 Å². The number of carbonyl (C=O) groups is 3. The summed E-state index contributed by atoms with van der Waals surface area (Å²) < 4.78 is 40.8. The van der Waals surface area contributed by atoms with Crippen LogP contribution in [0.5, 0.6) is 0 Å². The Labute approximate surface area is 260 Å². The number of nitrogens with two attached hydrogens (primary N) is 1. The van der Waals surface area contributed by atoms with Crippen LogP contribution in [-0.4, -0.2) is 39.1 Å². The number of hydrogen-bond acceptors (Lipinski definition) is 6. The molecule has 46 heavy (non-hydrogen) atoms. The molecule has 0 unspecified atom stereocenters. The molecule has 0 spiro atoms. The van der Waals surface area contributed by atoms with Gasteiger partial charge in [0.25, 0.3) is 0 Å². The van der Waals surface area contributed by atoms with Crippen molar-refractivity contribution < 1.29 is 37.8 Å². The number of rotatable bonds is 11. The Kier molecular flexibility index (Phi) is 8.96. The summed E-state index contributed by atoms with van der Waals surface area (Å²) in [5.41, 5.74) is 6.94. The van der Waals surface area contributed by atoms with Crippen LogP contribution in [0.2, 0.25) is 0 Å². The molecule has 5 rings (SSSR count). The van der Waals surface area contributed by atoms with Crippen molar-refractivity contribution in [2.45, 2.75) is 25.2 Å². The van der Waals surface area contributed by atoms with E-state index in [9.17, 15) is 37.8 Å². The number of carbonyl (C=O) groups excluding carboxylic acids is 1. The summed E-state index contributed by atoms with van der Waals surface area (Å²) in [7, 11) is 0. The third-order valence-corrected chi connectivity index (χ3v) is 7.28. The van der Waals surface area contributed by atoms with Crippen LogP contribution in [0.1, 0.15) is 37.4 Å². The van der Waals surface area contributed by atoms with Gasteiger partial charge in [-0.25, -0.2) is 9.59 Å². The molecular formula is C33H28F3N5O5. The molecule has 1 amide bonds. The highest BCUT2D eigenvalue weighted by Gasteiger charge is 2.31. The number of halogens is 3. The molecule has 1 aromatic heterocycles. The second-order valence-corrected chi connectivity index (χ2v) is 10.4. The van der Waals surface area contributed by atoms with E-state index in [1.54, 1.807) is 12.3 Å². The number of aromatic amines is 1. The first-order valence-corrected chi connectivity index (χ1v) is 13.9. The maximum absolute atomic E-state index is 13.6. The number of hydrogen-bond donors (Lipinski definition) is 7. The molecule has 1 heterocycles. The van der Waals surface area contributed by atoms with E-state index >= 15 is 0 Å². The van der Waals surface area contributed by atoms with E-state index < -0.39 is 35.6 Å². The smallest absolute Gasteiger partial charge is 0.416 e. The van der Waals surface area contributed by atoms with Crippen molar-refractivity contribution in [3.63, 3.8) is 0 Å². The van der Waals surface area contributed by atoms with E-state index in [0.717, 1.165) is 34.7 Å². The summed E-state index contributed by atoms with van der Waals surface area (Å²) in [5, 5.41) is 28.7. The van der Waals surface area contributed by atoms with Crippen LogP contribution in [0, 0.1) is 0 Å². The number of carboxylic acid groups (broad SMARTS) is 2. The van der Waals surface area contributed by atoms with E-state index in [2.05, 4.69) is 20.9 Å². The van der Waals surface area contributed by atoms with Crippen molar-refractivity contribution in [1.29, 1.82) is 0 Å². The lowest BCUT2D eigenvalue weighted by molar-refractivity contribution is -0.137. The molecule has 1 atom stereocenters. The number of anilines is 4. The summed E-state index contributed by atoms with van der Waals surface area (Å²) in [6, 6.07) is 19.5. The van der Waals surface area contributed by atoms with Gasteiger partial charge < -0.3 is 36.9 Å². The molecule has 0 aliphatic carbocycles. The third-order valence-electron chi connectivity index (χ3n) is 7.28. The van der Waals surface area contributed by atoms with Gasteiger partial charge in [0.2, 0.25) is 5.91 Å². The Bertz CT molecular complexity index is 1940. The minimum absolute atomic E-state index is 0.0347. The number of nitrogens with one attached hydrogen (secondary N) is 4. The van der Waals surface area contributed by atoms with Crippen LogP contribution in [0.25, 0.3) is 10.9 Å². The minimum Gasteiger partial charge on any atom is -0.478 e. The molecule has 0 aliphatic rings. The highest BCUT2D eigenvalue weighted by Crippen LogP contribution is 2.37. The first-order valence-electron chi connectivity index (χ1n) is 13.9. The van der Waals surface area contributed by atoms with Crippen LogP contribution in [0.15, 0.2) is 91.1 Å². The Hall–Kier alpha value is -5.82. The van der Waals surface area contributed by atoms with Crippen LogP contribution < -0.4 is 21.7 Å². The number of aromatic carboxylic acids is 2. The average molecular weight is 632 g/mol. The first kappa shape index (κ1) is 31.6. The second-order valence-electron chi connectivity index (χ2n) is 10.4. The van der Waals surface area contributed by atoms with Crippen LogP contribution in [-0.2, 0) is 23.9 Å². The number of amides is 1. The normalized spacial score (nSPS) is 12.0. The molecule has 13 heteroatoms. The quantitative estimate of drug-likeness (QED) is 0.0896. The van der Waals surface area contributed by atoms with Gasteiger partial charge in [-0.2, -0.15) is 13.2 Å². The second kappa shape index (κ2) is 13.0. The van der Waals surface area contributed by atoms with E-state index in [1.807, 2.05) is 24.3 Å². The summed E-state index contributed by atoms with van der Waals surface area (Å²) in [6.07, 6.45) is -2.65. The van der Waals surface area contributed by atoms with Crippen molar-refractivity contribution in [1.82, 2.24) is 10.3 Å². The number of aromatic nitrogens is 1. The fraction of sp³-hybridized carbons (Fsp3) is 0.121. The Morgan fingerprint density at radius 1 is 0.783 bits per heavy atom. The fourth-order valence-electron chi connectivity index (χ4n) is 4.94. The molecule has 236 valence electrons. The molecule has 0 radical (unpaired) electrons. The molecule has 0 bridgehead atoms. The monoisotopic (exact) mass is 631 g/mol. The molecular weight excluding hydrogens is 603 g/mol. The number of fused-ring (bicyclic) bond motifs is 1. The summed E-state index contributed by atoms with van der Waals surface area (Å²) >= 11 is 0. The molecule has 0 fully saturated rings. The third kappa shape index (κ3) is 7.11. The zero-order chi connectivity index (χ0) is 33.0. The highest BCUT2D eigenvalue weighted by atomic mass is 19.4. The first-order chi connectivity index (χ1) is 21.9. The molecule has 10 nitrogen and oxygen atoms in total. The summed E-state index contributed by atoms with van der Waals surface area (Å²) in [5.74, 6) is -3.07. The predicted molar refractivity (Wildman–Crippen MR) is 167 cm³/mol. The topological polar surface area (TPSA) is 170 Å². The van der Waals surface area contributed by atoms with Gasteiger partial charge in [-0.05, 0) is 66.1 Å². The number of carboxylic acids is 2. The number of para-hydroxylation sites is 2. The highest BCUT2D eigenvalue weighted by molar-refractivity contribution is 5.98. The largest absolute Gasteiger partial charge is 0.478 e. The van der Waals surface area contributed by atoms with Crippen LogP contribution in [0.4, 0.5) is 35.9 Å². The molecule has 0 saturated carbocycles. The summed E-state index contributed by atoms with van der Waals surface area (Å²) in [6.45, 7) is -0.0523. The molecule has 0 aliphatic heterocycles. The lowest BCUT2D eigenvalue weighted by Crippen LogP contribution is -2.41. The maximum Gasteiger partial charge on any atom is 0.416 e. The van der Waals surface area contributed by atoms with Gasteiger partial charge >= 0.3 is 18.1 Å². The zero-order valence-electron chi connectivity index (χ0n) is 24.0. The van der Waals surface area contributed by atoms with Crippen LogP contribution in [0.3, 0.4) is 0 Å². The lowest BCUT2D eigenvalue weighted by atomic mass is 10.0. The fourth-order valence-corrected chi connectivity index (χ4v) is 4.94. The standard InChI is InChI=1S/C33H28F3N5O5/c34-33(35,36)20-10-12-28(40-26-8-4-2-6-22(26)31(43)44)29(15-20)41-27-11-9-18(13-23(27)32(45)46)16-39-30(42)24(37)14-19-17-38-25-7-3-1-5-21(19)25/h1-13,15,17,24,38,40-41H,14,16,37H2,(H,39,42)(H,43,44)(H,45,46)/t24-/m0/s1. The van der Waals surface area contributed by atoms with Gasteiger partial charge in [0.05, 0.1) is 45.5 Å². The molecule has 4 aromatic carbocycles. The Morgan fingerprint density at radius 3 is 2.17 bits per heavy atom. The van der Waals surface area contributed by atoms with Crippen molar-refractivity contribution in [3.05, 3.63) is 119 Å². The molecule has 0 saturated heterocycles. The summed E-state index contributed by atoms with van der Waals surface area (Å²) in [4.78, 5) is 39.8. The maximum atomic E-state index is 13.6. The molecule has 5 aromatic rings. The van der Waals surface area contributed by atoms with Crippen molar-refractivity contribution in [3.8, 4) is 0 Å². The predicted octanol–water partition coefficient (Wildman–Crippen LogP) is 6.26. The van der Waals surface area contributed by atoms with Gasteiger partial charge in [-0.15, -0.1) is 0 Å². The van der Waals surface area contributed by atoms with Gasteiger partial charge in [0.1, 0.15) is 0 Å². The average Bonchev–Trinajstić information content (AvgIpc) is 3.43. The number of benzene rings is 4. The van der Waals surface area contributed by atoms with Crippen LogP contribution >= 0.6 is 0 Å². The zero-order valence-corrected chi connectivity index (χ0v) is 24.0. The van der Waals surface area contributed by atoms with E-state index in [0.29, 0.717) is 5.56 Å². The minimum atomic E-state index is -4.71. The number of alkyl halides is 3. The van der Waals surface area contributed by atoms with E-state index in [4.69, 9.17) is 5.73 Å². The van der Waals surface area contributed by atoms with Gasteiger partial charge in [-0.1, -0.05) is 36.4 Å². The van der Waals surface area contributed by atoms with Gasteiger partial charge in [0.15, 0.2) is 0 Å². The SMILES string of the molecule is N[C@@H](Cc1c[nH]c2ccccc12)C(=O)NCc1ccc(Nc2cc(C(F)(F)F)ccc2Nc2ccccc2C(=O)O)c(C(=O)O)c1. The van der Waals surface area contributed by atoms with Crippen molar-refractivity contribution >= 4 is 51.5 Å². The Morgan fingerprint density at radius 2 is 1.43 bits per heavy atom. The molecule has 8 N–H and O–H groups in total. The van der Waals surface area contributed by atoms with Crippen molar-refractivity contribution in [2.24, 2.45) is 5.73 Å². The van der Waals surface area contributed by atoms with E-state index in [1.165, 1.54) is 36.4 Å². The lowest BCUT2D eigenvalue weighted by Gasteiger charge is -2.19. The number of H-pyrrole nitrogens is 1. The van der Waals surface area contributed by atoms with E-state index in [-0.39, 0.29) is 46.8 Å². The Balaban J connectivity index is 1.35. The van der Waals surface area contributed by atoms with Gasteiger partial charge in [0, 0.05) is 23.6 Å². The van der Waals surface area contributed by atoms with Crippen molar-refractivity contribution in [2.75, 3.05) is 10.6 Å².